The predicted molar refractivity (Wildman–Crippen MR) is 115 cm³/mol. The Morgan fingerprint density at radius 2 is 1.71 bits per heavy atom. The fourth-order valence-corrected chi connectivity index (χ4v) is 4.60. The molecule has 2 aliphatic rings. The van der Waals surface area contributed by atoms with Crippen LogP contribution in [0.15, 0.2) is 54.6 Å². The van der Waals surface area contributed by atoms with Gasteiger partial charge >= 0.3 is 0 Å². The van der Waals surface area contributed by atoms with E-state index in [-0.39, 0.29) is 11.6 Å². The Labute approximate surface area is 165 Å². The molecule has 0 atom stereocenters. The van der Waals surface area contributed by atoms with Crippen molar-refractivity contribution in [2.45, 2.75) is 24.4 Å². The van der Waals surface area contributed by atoms with Crippen molar-refractivity contribution in [1.29, 1.82) is 0 Å². The number of anilines is 1. The first-order valence-corrected chi connectivity index (χ1v) is 10.1. The van der Waals surface area contributed by atoms with Gasteiger partial charge in [0.25, 0.3) is 0 Å². The normalized spacial score (nSPS) is 24.9. The van der Waals surface area contributed by atoms with Crippen molar-refractivity contribution in [3.05, 3.63) is 60.2 Å². The summed E-state index contributed by atoms with van der Waals surface area (Å²) < 4.78 is 0. The number of aromatic nitrogens is 1. The number of benzene rings is 2. The molecule has 3 aromatic rings. The van der Waals surface area contributed by atoms with Gasteiger partial charge in [-0.2, -0.15) is 0 Å². The first kappa shape index (κ1) is 17.6. The van der Waals surface area contributed by atoms with Crippen LogP contribution in [0.4, 0.5) is 5.69 Å². The van der Waals surface area contributed by atoms with Crippen LogP contribution in [-0.4, -0.2) is 37.2 Å². The van der Waals surface area contributed by atoms with Crippen LogP contribution >= 0.6 is 0 Å². The number of rotatable bonds is 3. The van der Waals surface area contributed by atoms with Crippen LogP contribution in [0.3, 0.4) is 0 Å². The molecule has 0 amide bonds. The molecule has 0 spiro atoms. The molecule has 2 heterocycles. The Hall–Kier alpha value is -2.47. The Balaban J connectivity index is 1.54. The molecule has 144 valence electrons. The highest BCUT2D eigenvalue weighted by atomic mass is 15.2. The third kappa shape index (κ3) is 3.05. The highest BCUT2D eigenvalue weighted by molar-refractivity contribution is 5.86. The summed E-state index contributed by atoms with van der Waals surface area (Å²) in [6.45, 7) is 4.18. The first-order valence-electron chi connectivity index (χ1n) is 10.1. The fourth-order valence-electron chi connectivity index (χ4n) is 4.60. The van der Waals surface area contributed by atoms with Crippen LogP contribution < -0.4 is 21.7 Å². The highest BCUT2D eigenvalue weighted by Gasteiger charge is 2.41. The maximum Gasteiger partial charge on any atom is 0.0713 e. The van der Waals surface area contributed by atoms with Gasteiger partial charge in [-0.05, 0) is 42.7 Å². The summed E-state index contributed by atoms with van der Waals surface area (Å²) in [6, 6.07) is 19.4. The second kappa shape index (κ2) is 6.85. The average molecular weight is 374 g/mol. The Bertz CT molecular complexity index is 986. The summed E-state index contributed by atoms with van der Waals surface area (Å²) in [5, 5.41) is 4.54. The van der Waals surface area contributed by atoms with Crippen LogP contribution in [0.1, 0.15) is 18.4 Å². The molecule has 0 bridgehead atoms. The minimum Gasteiger partial charge on any atom is -0.369 e. The molecule has 0 radical (unpaired) electrons. The van der Waals surface area contributed by atoms with E-state index in [1.54, 1.807) is 0 Å². The first-order chi connectivity index (χ1) is 13.6. The second-order valence-corrected chi connectivity index (χ2v) is 8.18. The standard InChI is InChI=1S/C23H27N5/c24-17-14-23(25,15-17)20-13-22(27-21-4-2-1-3-19(20)21)16-5-7-18(8-6-16)28-11-9-26-10-12-28/h1-8,13,17,26H,9-12,14-15,24-25H2. The van der Waals surface area contributed by atoms with E-state index in [1.807, 2.05) is 6.07 Å². The molecule has 1 saturated heterocycles. The van der Waals surface area contributed by atoms with Crippen molar-refractivity contribution in [3.8, 4) is 11.3 Å². The number of nitrogens with two attached hydrogens (primary N) is 2. The van der Waals surface area contributed by atoms with Gasteiger partial charge in [-0.15, -0.1) is 0 Å². The zero-order chi connectivity index (χ0) is 19.1. The number of hydrogen-bond donors (Lipinski definition) is 3. The summed E-state index contributed by atoms with van der Waals surface area (Å²) >= 11 is 0. The van der Waals surface area contributed by atoms with Crippen molar-refractivity contribution in [3.63, 3.8) is 0 Å². The largest absolute Gasteiger partial charge is 0.369 e. The average Bonchev–Trinajstić information content (AvgIpc) is 2.72. The van der Waals surface area contributed by atoms with Gasteiger partial charge in [0.2, 0.25) is 0 Å². The molecule has 5 nitrogen and oxygen atoms in total. The van der Waals surface area contributed by atoms with E-state index in [2.05, 4.69) is 58.7 Å². The summed E-state index contributed by atoms with van der Waals surface area (Å²) in [7, 11) is 0. The lowest BCUT2D eigenvalue weighted by Gasteiger charge is -2.44. The molecular formula is C23H27N5. The smallest absolute Gasteiger partial charge is 0.0713 e. The van der Waals surface area contributed by atoms with E-state index in [4.69, 9.17) is 16.5 Å². The van der Waals surface area contributed by atoms with Crippen LogP contribution in [-0.2, 0) is 5.54 Å². The van der Waals surface area contributed by atoms with Crippen molar-refractivity contribution in [1.82, 2.24) is 10.3 Å². The molecule has 1 aliphatic carbocycles. The summed E-state index contributed by atoms with van der Waals surface area (Å²) in [5.74, 6) is 0. The number of piperazine rings is 1. The number of fused-ring (bicyclic) bond motifs is 1. The molecule has 1 aromatic heterocycles. The maximum absolute atomic E-state index is 6.73. The molecule has 2 aromatic carbocycles. The second-order valence-electron chi connectivity index (χ2n) is 8.18. The molecule has 5 rings (SSSR count). The third-order valence-electron chi connectivity index (χ3n) is 6.15. The molecular weight excluding hydrogens is 346 g/mol. The van der Waals surface area contributed by atoms with Crippen LogP contribution in [0, 0.1) is 0 Å². The van der Waals surface area contributed by atoms with E-state index in [0.717, 1.165) is 61.2 Å². The SMILES string of the molecule is NC1CC(N)(c2cc(-c3ccc(N4CCNCC4)cc3)nc3ccccc23)C1. The summed E-state index contributed by atoms with van der Waals surface area (Å²) in [6.07, 6.45) is 1.64. The Morgan fingerprint density at radius 1 is 1.00 bits per heavy atom. The van der Waals surface area contributed by atoms with Crippen LogP contribution in [0.5, 0.6) is 0 Å². The van der Waals surface area contributed by atoms with Gasteiger partial charge in [0.1, 0.15) is 0 Å². The van der Waals surface area contributed by atoms with Crippen LogP contribution in [0.25, 0.3) is 22.2 Å². The minimum atomic E-state index is -0.350. The number of nitrogens with one attached hydrogen (secondary N) is 1. The molecule has 28 heavy (non-hydrogen) atoms. The molecule has 2 fully saturated rings. The molecule has 5 heteroatoms. The number of para-hydroxylation sites is 1. The van der Waals surface area contributed by atoms with Gasteiger partial charge in [0.15, 0.2) is 0 Å². The number of hydrogen-bond acceptors (Lipinski definition) is 5. The van der Waals surface area contributed by atoms with E-state index < -0.39 is 0 Å². The van der Waals surface area contributed by atoms with Crippen LogP contribution in [0.2, 0.25) is 0 Å². The summed E-state index contributed by atoms with van der Waals surface area (Å²) in [5.41, 5.74) is 18.0. The lowest BCUT2D eigenvalue weighted by Crippen LogP contribution is -2.55. The lowest BCUT2D eigenvalue weighted by molar-refractivity contribution is 0.213. The molecule has 0 unspecified atom stereocenters. The van der Waals surface area contributed by atoms with Gasteiger partial charge in [-0.1, -0.05) is 30.3 Å². The maximum atomic E-state index is 6.73. The lowest BCUT2D eigenvalue weighted by atomic mass is 9.68. The van der Waals surface area contributed by atoms with Gasteiger partial charge in [0.05, 0.1) is 11.2 Å². The topological polar surface area (TPSA) is 80.2 Å². The predicted octanol–water partition coefficient (Wildman–Crippen LogP) is 2.59. The van der Waals surface area contributed by atoms with E-state index >= 15 is 0 Å². The van der Waals surface area contributed by atoms with E-state index in [9.17, 15) is 0 Å². The Morgan fingerprint density at radius 3 is 2.43 bits per heavy atom. The van der Waals surface area contributed by atoms with Crippen molar-refractivity contribution >= 4 is 16.6 Å². The molecule has 1 saturated carbocycles. The van der Waals surface area contributed by atoms with Gasteiger partial charge < -0.3 is 21.7 Å². The summed E-state index contributed by atoms with van der Waals surface area (Å²) in [4.78, 5) is 7.35. The van der Waals surface area contributed by atoms with E-state index in [0.29, 0.717) is 0 Å². The Kier molecular flexibility index (Phi) is 4.31. The third-order valence-corrected chi connectivity index (χ3v) is 6.15. The van der Waals surface area contributed by atoms with Crippen molar-refractivity contribution in [2.75, 3.05) is 31.1 Å². The zero-order valence-corrected chi connectivity index (χ0v) is 16.1. The van der Waals surface area contributed by atoms with Gasteiger partial charge in [-0.25, -0.2) is 4.98 Å². The highest BCUT2D eigenvalue weighted by Crippen LogP contribution is 2.42. The monoisotopic (exact) mass is 373 g/mol. The molecule has 5 N–H and O–H groups in total. The molecule has 1 aliphatic heterocycles. The number of nitrogens with zero attached hydrogens (tertiary/aromatic N) is 2. The quantitative estimate of drug-likeness (QED) is 0.658. The minimum absolute atomic E-state index is 0.193. The van der Waals surface area contributed by atoms with E-state index in [1.165, 1.54) is 11.3 Å². The number of pyridine rings is 1. The fraction of sp³-hybridized carbons (Fsp3) is 0.348. The van der Waals surface area contributed by atoms with Gasteiger partial charge in [-0.3, -0.25) is 0 Å². The van der Waals surface area contributed by atoms with Gasteiger partial charge in [0, 0.05) is 54.4 Å². The van der Waals surface area contributed by atoms with Crippen molar-refractivity contribution in [2.24, 2.45) is 11.5 Å². The zero-order valence-electron chi connectivity index (χ0n) is 16.1. The van der Waals surface area contributed by atoms with Crippen molar-refractivity contribution < 1.29 is 0 Å².